The van der Waals surface area contributed by atoms with E-state index in [9.17, 15) is 13.2 Å². The fraction of sp³-hybridized carbons (Fsp3) is 0.172. The highest BCUT2D eigenvalue weighted by Crippen LogP contribution is 2.45. The first-order valence-electron chi connectivity index (χ1n) is 12.9. The number of fused-ring (bicyclic) bond motifs is 3. The van der Waals surface area contributed by atoms with Crippen molar-refractivity contribution in [2.24, 2.45) is 0 Å². The molecule has 0 spiro atoms. The van der Waals surface area contributed by atoms with E-state index in [1.165, 1.54) is 36.0 Å². The smallest absolute Gasteiger partial charge is 0.264 e. The molecule has 10 nitrogen and oxygen atoms in total. The van der Waals surface area contributed by atoms with E-state index in [1.54, 1.807) is 19.9 Å². The Morgan fingerprint density at radius 1 is 0.878 bits per heavy atom. The number of benzene rings is 3. The molecule has 5 aromatic rings. The zero-order valence-corrected chi connectivity index (χ0v) is 24.0. The highest BCUT2D eigenvalue weighted by atomic mass is 32.2. The topological polar surface area (TPSA) is 140 Å². The standard InChI is InChI=1S/C29H25N7O3S2/c1-4-23(40-29-33-25-21-9-5-7-18-8-6-10-22(24(18)21)26(25)34-35-29)27(37)32-19-11-13-20(14-12-19)41(38,39)36-28-30-16(2)15-17(3)31-28/h5-15,23H,4H2,1-3H3,(H,32,37)(H,30,31,36). The predicted molar refractivity (Wildman–Crippen MR) is 159 cm³/mol. The van der Waals surface area contributed by atoms with Crippen LogP contribution in [0.2, 0.25) is 0 Å². The number of aryl methyl sites for hydroxylation is 2. The molecule has 206 valence electrons. The maximum Gasteiger partial charge on any atom is 0.264 e. The lowest BCUT2D eigenvalue weighted by molar-refractivity contribution is -0.115. The summed E-state index contributed by atoms with van der Waals surface area (Å²) >= 11 is 1.24. The second-order valence-electron chi connectivity index (χ2n) is 9.61. The molecule has 0 bridgehead atoms. The number of nitrogens with one attached hydrogen (secondary N) is 2. The number of hydrogen-bond acceptors (Lipinski definition) is 9. The van der Waals surface area contributed by atoms with Gasteiger partial charge in [-0.2, -0.15) is 0 Å². The molecule has 2 heterocycles. The first kappa shape index (κ1) is 26.8. The van der Waals surface area contributed by atoms with E-state index in [2.05, 4.69) is 42.3 Å². The molecule has 2 N–H and O–H groups in total. The molecule has 1 aliphatic carbocycles. The second-order valence-corrected chi connectivity index (χ2v) is 12.5. The first-order valence-corrected chi connectivity index (χ1v) is 15.3. The van der Waals surface area contributed by atoms with Crippen LogP contribution in [0.15, 0.2) is 76.8 Å². The van der Waals surface area contributed by atoms with E-state index in [0.29, 0.717) is 28.7 Å². The fourth-order valence-corrected chi connectivity index (χ4v) is 6.57. The lowest BCUT2D eigenvalue weighted by Gasteiger charge is -2.14. The molecule has 12 heteroatoms. The highest BCUT2D eigenvalue weighted by molar-refractivity contribution is 8.00. The molecule has 41 heavy (non-hydrogen) atoms. The molecule has 2 aromatic heterocycles. The fourth-order valence-electron chi connectivity index (χ4n) is 4.81. The van der Waals surface area contributed by atoms with Crippen LogP contribution in [0.3, 0.4) is 0 Å². The molecule has 0 radical (unpaired) electrons. The Balaban J connectivity index is 1.15. The number of carbonyl (C=O) groups excluding carboxylic acids is 1. The van der Waals surface area contributed by atoms with Crippen LogP contribution in [0.5, 0.6) is 0 Å². The van der Waals surface area contributed by atoms with Crippen molar-refractivity contribution in [3.05, 3.63) is 78.1 Å². The number of amides is 1. The van der Waals surface area contributed by atoms with E-state index in [4.69, 9.17) is 4.98 Å². The number of nitrogens with zero attached hydrogens (tertiary/aromatic N) is 5. The summed E-state index contributed by atoms with van der Waals surface area (Å²) in [4.78, 5) is 26.2. The monoisotopic (exact) mass is 583 g/mol. The number of sulfonamides is 1. The van der Waals surface area contributed by atoms with Crippen molar-refractivity contribution in [1.29, 1.82) is 0 Å². The summed E-state index contributed by atoms with van der Waals surface area (Å²) in [7, 11) is -3.91. The third-order valence-corrected chi connectivity index (χ3v) is 9.19. The average molecular weight is 584 g/mol. The van der Waals surface area contributed by atoms with Crippen molar-refractivity contribution in [2.45, 2.75) is 42.5 Å². The normalized spacial score (nSPS) is 12.7. The van der Waals surface area contributed by atoms with Gasteiger partial charge in [0.1, 0.15) is 11.4 Å². The van der Waals surface area contributed by atoms with E-state index in [1.807, 2.05) is 31.2 Å². The molecular formula is C29H25N7O3S2. The third kappa shape index (κ3) is 5.23. The summed E-state index contributed by atoms with van der Waals surface area (Å²) in [5, 5.41) is 13.8. The SMILES string of the molecule is CCC(Sc1nnc2c(n1)-c1cccc3cccc-2c13)C(=O)Nc1ccc(S(=O)(=O)Nc2nc(C)cc(C)n2)cc1. The van der Waals surface area contributed by atoms with Gasteiger partial charge >= 0.3 is 0 Å². The molecule has 1 amide bonds. The van der Waals surface area contributed by atoms with Gasteiger partial charge in [-0.05, 0) is 56.0 Å². The van der Waals surface area contributed by atoms with Crippen molar-refractivity contribution >= 4 is 50.1 Å². The number of carbonyl (C=O) groups is 1. The summed E-state index contributed by atoms with van der Waals surface area (Å²) in [6, 6.07) is 19.8. The number of thioether (sulfide) groups is 1. The van der Waals surface area contributed by atoms with Gasteiger partial charge in [0.25, 0.3) is 10.0 Å². The van der Waals surface area contributed by atoms with E-state index >= 15 is 0 Å². The van der Waals surface area contributed by atoms with Crippen molar-refractivity contribution in [2.75, 3.05) is 10.0 Å². The summed E-state index contributed by atoms with van der Waals surface area (Å²) < 4.78 is 28.1. The van der Waals surface area contributed by atoms with Crippen LogP contribution in [0.4, 0.5) is 11.6 Å². The van der Waals surface area contributed by atoms with Crippen LogP contribution in [-0.4, -0.2) is 44.7 Å². The Morgan fingerprint density at radius 2 is 1.54 bits per heavy atom. The van der Waals surface area contributed by atoms with Gasteiger partial charge in [-0.1, -0.05) is 55.1 Å². The first-order chi connectivity index (χ1) is 19.7. The Labute approximate surface area is 241 Å². The van der Waals surface area contributed by atoms with Crippen molar-refractivity contribution in [1.82, 2.24) is 25.1 Å². The zero-order valence-electron chi connectivity index (χ0n) is 22.4. The summed E-state index contributed by atoms with van der Waals surface area (Å²) in [6.07, 6.45) is 0.527. The molecule has 0 saturated heterocycles. The lowest BCUT2D eigenvalue weighted by Crippen LogP contribution is -2.25. The third-order valence-electron chi connectivity index (χ3n) is 6.63. The van der Waals surface area contributed by atoms with Crippen molar-refractivity contribution in [3.63, 3.8) is 0 Å². The van der Waals surface area contributed by atoms with Gasteiger partial charge < -0.3 is 5.32 Å². The summed E-state index contributed by atoms with van der Waals surface area (Å²) in [5.41, 5.74) is 5.30. The Bertz CT molecular complexity index is 1900. The molecule has 1 aliphatic rings. The van der Waals surface area contributed by atoms with E-state index < -0.39 is 15.3 Å². The molecule has 1 atom stereocenters. The lowest BCUT2D eigenvalue weighted by atomic mass is 10.0. The molecule has 1 unspecified atom stereocenters. The molecule has 0 aliphatic heterocycles. The zero-order chi connectivity index (χ0) is 28.7. The Kier molecular flexibility index (Phi) is 6.88. The molecule has 0 saturated carbocycles. The summed E-state index contributed by atoms with van der Waals surface area (Å²) in [5.74, 6) is -0.240. The Morgan fingerprint density at radius 3 is 2.20 bits per heavy atom. The predicted octanol–water partition coefficient (Wildman–Crippen LogP) is 5.39. The van der Waals surface area contributed by atoms with Crippen molar-refractivity contribution < 1.29 is 13.2 Å². The van der Waals surface area contributed by atoms with E-state index in [0.717, 1.165) is 33.3 Å². The highest BCUT2D eigenvalue weighted by Gasteiger charge is 2.27. The van der Waals surface area contributed by atoms with Gasteiger partial charge in [0.2, 0.25) is 17.0 Å². The second kappa shape index (κ2) is 10.5. The van der Waals surface area contributed by atoms with Crippen LogP contribution in [0, 0.1) is 13.8 Å². The average Bonchev–Trinajstić information content (AvgIpc) is 3.26. The quantitative estimate of drug-likeness (QED) is 0.226. The maximum absolute atomic E-state index is 13.1. The van der Waals surface area contributed by atoms with Gasteiger partial charge in [-0.25, -0.2) is 28.1 Å². The van der Waals surface area contributed by atoms with Crippen LogP contribution < -0.4 is 10.0 Å². The van der Waals surface area contributed by atoms with Crippen LogP contribution in [0.25, 0.3) is 33.3 Å². The van der Waals surface area contributed by atoms with Gasteiger partial charge in [-0.3, -0.25) is 4.79 Å². The van der Waals surface area contributed by atoms with Crippen LogP contribution >= 0.6 is 11.8 Å². The number of rotatable bonds is 8. The molecule has 3 aromatic carbocycles. The van der Waals surface area contributed by atoms with Crippen molar-refractivity contribution in [3.8, 4) is 22.5 Å². The summed E-state index contributed by atoms with van der Waals surface area (Å²) in [6.45, 7) is 5.43. The minimum atomic E-state index is -3.91. The van der Waals surface area contributed by atoms with E-state index in [-0.39, 0.29) is 16.8 Å². The number of anilines is 2. The molecule has 6 rings (SSSR count). The maximum atomic E-state index is 13.1. The largest absolute Gasteiger partial charge is 0.325 e. The molecular weight excluding hydrogens is 558 g/mol. The minimum Gasteiger partial charge on any atom is -0.325 e. The van der Waals surface area contributed by atoms with Gasteiger partial charge in [0.15, 0.2) is 0 Å². The van der Waals surface area contributed by atoms with Gasteiger partial charge in [-0.15, -0.1) is 10.2 Å². The minimum absolute atomic E-state index is 0.00604. The van der Waals surface area contributed by atoms with Gasteiger partial charge in [0, 0.05) is 33.6 Å². The Hall–Kier alpha value is -4.42. The van der Waals surface area contributed by atoms with Crippen LogP contribution in [-0.2, 0) is 14.8 Å². The van der Waals surface area contributed by atoms with Crippen LogP contribution in [0.1, 0.15) is 24.7 Å². The molecule has 0 fully saturated rings. The number of aromatic nitrogens is 5. The number of hydrogen-bond donors (Lipinski definition) is 2. The van der Waals surface area contributed by atoms with Gasteiger partial charge in [0.05, 0.1) is 10.1 Å².